The van der Waals surface area contributed by atoms with Gasteiger partial charge in [-0.25, -0.2) is 0 Å². The predicted octanol–water partition coefficient (Wildman–Crippen LogP) is 2.86. The standard InChI is InChI=1S/C17H26N4O/c1-11(2)21(9-15-13(4)19-20(6)14(15)5)10-16-17(22)8-7-12(3)18-16/h7-8,11,22H,9-10H2,1-6H3. The summed E-state index contributed by atoms with van der Waals surface area (Å²) in [6.07, 6.45) is 0. The van der Waals surface area contributed by atoms with Crippen LogP contribution in [0.15, 0.2) is 12.1 Å². The highest BCUT2D eigenvalue weighted by atomic mass is 16.3. The first kappa shape index (κ1) is 16.5. The van der Waals surface area contributed by atoms with Gasteiger partial charge in [-0.05, 0) is 46.8 Å². The van der Waals surface area contributed by atoms with E-state index in [2.05, 4.69) is 35.8 Å². The Kier molecular flexibility index (Phi) is 4.86. The highest BCUT2D eigenvalue weighted by Gasteiger charge is 2.18. The van der Waals surface area contributed by atoms with Crippen molar-refractivity contribution in [2.75, 3.05) is 0 Å². The monoisotopic (exact) mass is 302 g/mol. The molecule has 22 heavy (non-hydrogen) atoms. The molecule has 5 nitrogen and oxygen atoms in total. The highest BCUT2D eigenvalue weighted by Crippen LogP contribution is 2.21. The quantitative estimate of drug-likeness (QED) is 0.923. The van der Waals surface area contributed by atoms with E-state index in [-0.39, 0.29) is 5.75 Å². The van der Waals surface area contributed by atoms with Crippen LogP contribution in [0.2, 0.25) is 0 Å². The zero-order chi connectivity index (χ0) is 16.4. The summed E-state index contributed by atoms with van der Waals surface area (Å²) in [4.78, 5) is 6.78. The predicted molar refractivity (Wildman–Crippen MR) is 87.7 cm³/mol. The molecule has 2 aromatic rings. The summed E-state index contributed by atoms with van der Waals surface area (Å²) < 4.78 is 1.92. The molecule has 0 unspecified atom stereocenters. The maximum atomic E-state index is 10.0. The van der Waals surface area contributed by atoms with Gasteiger partial charge in [-0.3, -0.25) is 14.6 Å². The first-order valence-corrected chi connectivity index (χ1v) is 7.68. The van der Waals surface area contributed by atoms with E-state index >= 15 is 0 Å². The molecule has 0 saturated carbocycles. The van der Waals surface area contributed by atoms with E-state index in [1.807, 2.05) is 31.6 Å². The minimum absolute atomic E-state index is 0.260. The van der Waals surface area contributed by atoms with E-state index in [0.717, 1.165) is 23.6 Å². The van der Waals surface area contributed by atoms with Gasteiger partial charge in [0, 0.05) is 43.1 Å². The van der Waals surface area contributed by atoms with Crippen molar-refractivity contribution >= 4 is 0 Å². The number of nitrogens with zero attached hydrogens (tertiary/aromatic N) is 4. The lowest BCUT2D eigenvalue weighted by Gasteiger charge is -2.26. The van der Waals surface area contributed by atoms with Crippen molar-refractivity contribution < 1.29 is 5.11 Å². The SMILES string of the molecule is Cc1ccc(O)c(CN(Cc2c(C)nn(C)c2C)C(C)C)n1. The first-order valence-electron chi connectivity index (χ1n) is 7.68. The fourth-order valence-electron chi connectivity index (χ4n) is 2.58. The summed E-state index contributed by atoms with van der Waals surface area (Å²) in [5, 5.41) is 14.5. The Bertz CT molecular complexity index is 661. The molecule has 2 heterocycles. The largest absolute Gasteiger partial charge is 0.506 e. The van der Waals surface area contributed by atoms with Crippen LogP contribution < -0.4 is 0 Å². The van der Waals surface area contributed by atoms with E-state index in [1.165, 1.54) is 11.3 Å². The minimum atomic E-state index is 0.260. The van der Waals surface area contributed by atoms with Crippen molar-refractivity contribution in [3.05, 3.63) is 40.5 Å². The number of aryl methyl sites for hydroxylation is 3. The van der Waals surface area contributed by atoms with Crippen molar-refractivity contribution in [1.29, 1.82) is 0 Å². The van der Waals surface area contributed by atoms with Gasteiger partial charge in [0.1, 0.15) is 5.75 Å². The first-order chi connectivity index (χ1) is 10.3. The Hall–Kier alpha value is -1.88. The molecule has 0 amide bonds. The third-order valence-electron chi connectivity index (χ3n) is 4.19. The number of hydrogen-bond acceptors (Lipinski definition) is 4. The smallest absolute Gasteiger partial charge is 0.138 e. The average Bonchev–Trinajstić information content (AvgIpc) is 2.68. The minimum Gasteiger partial charge on any atom is -0.506 e. The molecule has 0 radical (unpaired) electrons. The number of aromatic nitrogens is 3. The van der Waals surface area contributed by atoms with Crippen LogP contribution in [0.3, 0.4) is 0 Å². The number of rotatable bonds is 5. The zero-order valence-corrected chi connectivity index (χ0v) is 14.4. The highest BCUT2D eigenvalue weighted by molar-refractivity contribution is 5.28. The molecule has 2 rings (SSSR count). The molecule has 120 valence electrons. The van der Waals surface area contributed by atoms with Gasteiger partial charge in [0.25, 0.3) is 0 Å². The molecule has 0 aliphatic rings. The molecule has 1 N–H and O–H groups in total. The maximum Gasteiger partial charge on any atom is 0.138 e. The molecule has 5 heteroatoms. The van der Waals surface area contributed by atoms with Gasteiger partial charge in [-0.15, -0.1) is 0 Å². The Labute approximate surface area is 132 Å². The van der Waals surface area contributed by atoms with Gasteiger partial charge in [0.2, 0.25) is 0 Å². The second-order valence-corrected chi connectivity index (χ2v) is 6.19. The van der Waals surface area contributed by atoms with Crippen LogP contribution in [0.4, 0.5) is 0 Å². The van der Waals surface area contributed by atoms with Gasteiger partial charge in [0.15, 0.2) is 0 Å². The molecule has 0 aliphatic heterocycles. The number of pyridine rings is 1. The number of hydrogen-bond donors (Lipinski definition) is 1. The van der Waals surface area contributed by atoms with Crippen LogP contribution in [0.25, 0.3) is 0 Å². The maximum absolute atomic E-state index is 10.0. The number of aromatic hydroxyl groups is 1. The lowest BCUT2D eigenvalue weighted by Crippen LogP contribution is -2.30. The molecule has 0 bridgehead atoms. The van der Waals surface area contributed by atoms with Crippen LogP contribution in [-0.2, 0) is 20.1 Å². The fraction of sp³-hybridized carbons (Fsp3) is 0.529. The topological polar surface area (TPSA) is 54.2 Å². The molecular weight excluding hydrogens is 276 g/mol. The molecule has 0 aromatic carbocycles. The van der Waals surface area contributed by atoms with E-state index in [4.69, 9.17) is 0 Å². The average molecular weight is 302 g/mol. The fourth-order valence-corrected chi connectivity index (χ4v) is 2.58. The van der Waals surface area contributed by atoms with Crippen molar-refractivity contribution in [3.8, 4) is 5.75 Å². The zero-order valence-electron chi connectivity index (χ0n) is 14.4. The Morgan fingerprint density at radius 2 is 1.86 bits per heavy atom. The van der Waals surface area contributed by atoms with Crippen LogP contribution in [-0.4, -0.2) is 30.8 Å². The molecule has 0 fully saturated rings. The lowest BCUT2D eigenvalue weighted by molar-refractivity contribution is 0.198. The lowest BCUT2D eigenvalue weighted by atomic mass is 10.1. The normalized spacial score (nSPS) is 11.6. The van der Waals surface area contributed by atoms with Gasteiger partial charge in [-0.1, -0.05) is 0 Å². The van der Waals surface area contributed by atoms with Crippen LogP contribution >= 0.6 is 0 Å². The second kappa shape index (κ2) is 6.48. The van der Waals surface area contributed by atoms with Crippen LogP contribution in [0.5, 0.6) is 5.75 Å². The van der Waals surface area contributed by atoms with E-state index < -0.39 is 0 Å². The summed E-state index contributed by atoms with van der Waals surface area (Å²) in [6.45, 7) is 11.8. The summed E-state index contributed by atoms with van der Waals surface area (Å²) in [5.74, 6) is 0.260. The van der Waals surface area contributed by atoms with Crippen LogP contribution in [0.1, 0.15) is 42.2 Å². The summed E-state index contributed by atoms with van der Waals surface area (Å²) >= 11 is 0. The van der Waals surface area contributed by atoms with Crippen molar-refractivity contribution in [2.24, 2.45) is 7.05 Å². The summed E-state index contributed by atoms with van der Waals surface area (Å²) in [6, 6.07) is 3.89. The second-order valence-electron chi connectivity index (χ2n) is 6.19. The van der Waals surface area contributed by atoms with Crippen LogP contribution in [0, 0.1) is 20.8 Å². The summed E-state index contributed by atoms with van der Waals surface area (Å²) in [7, 11) is 1.97. The van der Waals surface area contributed by atoms with Crippen molar-refractivity contribution in [2.45, 2.75) is 53.8 Å². The molecule has 0 aliphatic carbocycles. The van der Waals surface area contributed by atoms with Gasteiger partial charge in [-0.2, -0.15) is 5.10 Å². The van der Waals surface area contributed by atoms with Gasteiger partial charge in [0.05, 0.1) is 11.4 Å². The Balaban J connectivity index is 2.25. The molecule has 2 aromatic heterocycles. The summed E-state index contributed by atoms with van der Waals surface area (Å²) in [5.41, 5.74) is 5.15. The molecule has 0 atom stereocenters. The van der Waals surface area contributed by atoms with Crippen molar-refractivity contribution in [3.63, 3.8) is 0 Å². The van der Waals surface area contributed by atoms with Gasteiger partial charge < -0.3 is 5.11 Å². The molecular formula is C17H26N4O. The third kappa shape index (κ3) is 3.47. The Morgan fingerprint density at radius 3 is 2.41 bits per heavy atom. The van der Waals surface area contributed by atoms with Crippen molar-refractivity contribution in [1.82, 2.24) is 19.7 Å². The van der Waals surface area contributed by atoms with E-state index in [0.29, 0.717) is 12.6 Å². The van der Waals surface area contributed by atoms with Gasteiger partial charge >= 0.3 is 0 Å². The Morgan fingerprint density at radius 1 is 1.18 bits per heavy atom. The van der Waals surface area contributed by atoms with E-state index in [9.17, 15) is 5.11 Å². The molecule has 0 saturated heterocycles. The third-order valence-corrected chi connectivity index (χ3v) is 4.19. The van der Waals surface area contributed by atoms with E-state index in [1.54, 1.807) is 6.07 Å². The molecule has 0 spiro atoms.